The summed E-state index contributed by atoms with van der Waals surface area (Å²) < 4.78 is 10.5. The fourth-order valence-electron chi connectivity index (χ4n) is 4.07. The molecule has 5 rings (SSSR count). The van der Waals surface area contributed by atoms with E-state index in [0.717, 1.165) is 34.8 Å². The Morgan fingerprint density at radius 2 is 2.11 bits per heavy atom. The van der Waals surface area contributed by atoms with Gasteiger partial charge in [-0.25, -0.2) is 4.98 Å². The second-order valence-corrected chi connectivity index (χ2v) is 9.48. The second kappa shape index (κ2) is 10.6. The molecule has 0 aliphatic carbocycles. The fourth-order valence-corrected chi connectivity index (χ4v) is 5.32. The molecule has 1 unspecified atom stereocenters. The van der Waals surface area contributed by atoms with E-state index in [0.29, 0.717) is 36.3 Å². The number of rotatable bonds is 7. The molecule has 9 nitrogen and oxygen atoms in total. The molecule has 1 atom stereocenters. The van der Waals surface area contributed by atoms with Crippen molar-refractivity contribution in [2.45, 2.75) is 31.3 Å². The molecule has 0 N–H and O–H groups in total. The fraction of sp³-hybridized carbons (Fsp3) is 0.375. The van der Waals surface area contributed by atoms with E-state index in [-0.39, 0.29) is 24.5 Å². The summed E-state index contributed by atoms with van der Waals surface area (Å²) in [5.41, 5.74) is 2.46. The number of amides is 1. The topological polar surface area (TPSA) is 99.0 Å². The molecule has 11 heteroatoms. The minimum absolute atomic E-state index is 0.0761. The lowest BCUT2D eigenvalue weighted by Gasteiger charge is -2.31. The summed E-state index contributed by atoms with van der Waals surface area (Å²) >= 11 is 7.91. The molecule has 0 saturated carbocycles. The number of piperidine rings is 1. The Labute approximate surface area is 211 Å². The second-order valence-electron chi connectivity index (χ2n) is 8.18. The van der Waals surface area contributed by atoms with E-state index in [1.165, 1.54) is 19.5 Å². The van der Waals surface area contributed by atoms with Gasteiger partial charge in [-0.2, -0.15) is 4.98 Å². The average Bonchev–Trinajstić information content (AvgIpc) is 3.58. The van der Waals surface area contributed by atoms with Crippen LogP contribution in [0.3, 0.4) is 0 Å². The van der Waals surface area contributed by atoms with Crippen molar-refractivity contribution in [2.75, 3.05) is 26.8 Å². The number of thiazole rings is 1. The van der Waals surface area contributed by atoms with Gasteiger partial charge >= 0.3 is 0 Å². The molecular formula is C24H23ClN5O4S. The number of hydrogen-bond donors (Lipinski definition) is 0. The van der Waals surface area contributed by atoms with Crippen LogP contribution in [0.15, 0.2) is 41.1 Å². The maximum Gasteiger partial charge on any atom is 0.260 e. The molecule has 181 valence electrons. The predicted octanol–water partition coefficient (Wildman–Crippen LogP) is 4.05. The van der Waals surface area contributed by atoms with Gasteiger partial charge in [0.2, 0.25) is 11.8 Å². The number of likely N-dealkylation sites (tertiary alicyclic amines) is 1. The highest BCUT2D eigenvalue weighted by atomic mass is 35.5. The average molecular weight is 513 g/mol. The highest BCUT2D eigenvalue weighted by Crippen LogP contribution is 2.35. The highest BCUT2D eigenvalue weighted by Gasteiger charge is 2.29. The van der Waals surface area contributed by atoms with E-state index in [1.54, 1.807) is 11.3 Å². The molecule has 1 amide bonds. The number of aromatic nitrogens is 3. The number of benzene rings is 1. The van der Waals surface area contributed by atoms with Gasteiger partial charge in [-0.1, -0.05) is 28.9 Å². The maximum absolute atomic E-state index is 12.6. The first-order valence-electron chi connectivity index (χ1n) is 11.2. The molecule has 2 aliphatic rings. The van der Waals surface area contributed by atoms with Crippen LogP contribution in [-0.4, -0.2) is 58.3 Å². The zero-order valence-electron chi connectivity index (χ0n) is 19.0. The van der Waals surface area contributed by atoms with Crippen molar-refractivity contribution in [3.63, 3.8) is 0 Å². The van der Waals surface area contributed by atoms with Gasteiger partial charge in [0, 0.05) is 41.4 Å². The molecule has 0 spiro atoms. The van der Waals surface area contributed by atoms with E-state index >= 15 is 0 Å². The third-order valence-electron chi connectivity index (χ3n) is 5.98. The van der Waals surface area contributed by atoms with E-state index in [1.807, 2.05) is 28.5 Å². The standard InChI is InChI=1S/C24H23ClN5O4S/c1-32-21-11-26-12-22(28-21)33-13-23(31)30-8-6-15(7-9-30)24-27-19(14-35-24)18-10-20(34-29-18)16-4-2-3-5-17(16)25/h2-3,5,11-12,14-15,20H,6-10,13H2,1H3. The number of nitrogens with zero attached hydrogens (tertiary/aromatic N) is 5. The first-order chi connectivity index (χ1) is 17.1. The van der Waals surface area contributed by atoms with Crippen LogP contribution in [0.1, 0.15) is 47.5 Å². The summed E-state index contributed by atoms with van der Waals surface area (Å²) in [5, 5.41) is 7.96. The van der Waals surface area contributed by atoms with Gasteiger partial charge in [0.1, 0.15) is 5.71 Å². The Balaban J connectivity index is 1.12. The quantitative estimate of drug-likeness (QED) is 0.471. The summed E-state index contributed by atoms with van der Waals surface area (Å²) in [6.07, 6.45) is 4.98. The Morgan fingerprint density at radius 3 is 2.91 bits per heavy atom. The number of carbonyl (C=O) groups is 1. The van der Waals surface area contributed by atoms with Crippen molar-refractivity contribution < 1.29 is 19.1 Å². The minimum Gasteiger partial charge on any atom is -0.480 e. The van der Waals surface area contributed by atoms with Crippen LogP contribution in [0.4, 0.5) is 0 Å². The third-order valence-corrected chi connectivity index (χ3v) is 7.32. The lowest BCUT2D eigenvalue weighted by Crippen LogP contribution is -2.40. The summed E-state index contributed by atoms with van der Waals surface area (Å²) in [5.74, 6) is 0.828. The Bertz CT molecular complexity index is 1230. The van der Waals surface area contributed by atoms with Gasteiger partial charge in [-0.05, 0) is 25.0 Å². The smallest absolute Gasteiger partial charge is 0.260 e. The number of halogens is 1. The lowest BCUT2D eigenvalue weighted by atomic mass is 9.97. The summed E-state index contributed by atoms with van der Waals surface area (Å²) in [4.78, 5) is 32.9. The van der Waals surface area contributed by atoms with Crippen LogP contribution in [0.5, 0.6) is 11.8 Å². The van der Waals surface area contributed by atoms with Crippen LogP contribution in [0.25, 0.3) is 0 Å². The first kappa shape index (κ1) is 23.5. The van der Waals surface area contributed by atoms with Crippen LogP contribution in [-0.2, 0) is 9.63 Å². The highest BCUT2D eigenvalue weighted by molar-refractivity contribution is 7.10. The first-order valence-corrected chi connectivity index (χ1v) is 12.5. The summed E-state index contributed by atoms with van der Waals surface area (Å²) in [6.45, 7) is 1.22. The van der Waals surface area contributed by atoms with Gasteiger partial charge in [-0.15, -0.1) is 11.3 Å². The van der Waals surface area contributed by atoms with Gasteiger partial charge in [-0.3, -0.25) is 9.78 Å². The molecule has 4 heterocycles. The minimum atomic E-state index is -0.247. The number of hydrogen-bond acceptors (Lipinski definition) is 9. The molecule has 35 heavy (non-hydrogen) atoms. The molecular weight excluding hydrogens is 490 g/mol. The van der Waals surface area contributed by atoms with Gasteiger partial charge < -0.3 is 19.2 Å². The molecule has 2 aromatic heterocycles. The molecule has 2 aliphatic heterocycles. The van der Waals surface area contributed by atoms with Crippen LogP contribution in [0, 0.1) is 6.07 Å². The monoisotopic (exact) mass is 512 g/mol. The van der Waals surface area contributed by atoms with Gasteiger partial charge in [0.05, 0.1) is 30.2 Å². The van der Waals surface area contributed by atoms with Crippen LogP contribution < -0.4 is 9.47 Å². The molecule has 1 aromatic carbocycles. The summed E-state index contributed by atoms with van der Waals surface area (Å²) in [7, 11) is 1.50. The third kappa shape index (κ3) is 5.38. The largest absolute Gasteiger partial charge is 0.480 e. The summed E-state index contributed by atoms with van der Waals surface area (Å²) in [6, 6.07) is 8.63. The Morgan fingerprint density at radius 1 is 1.29 bits per heavy atom. The zero-order chi connectivity index (χ0) is 24.2. The molecule has 3 aromatic rings. The molecule has 0 bridgehead atoms. The Kier molecular flexibility index (Phi) is 7.10. The van der Waals surface area contributed by atoms with E-state index in [2.05, 4.69) is 21.2 Å². The SMILES string of the molecule is COc1cncc(OCC(=O)N2CCC(c3nc(C4=NOC(c5[c]cccc5Cl)C4)cs3)CC2)n1. The van der Waals surface area contributed by atoms with Crippen molar-refractivity contribution in [1.82, 2.24) is 19.9 Å². The number of carbonyl (C=O) groups excluding carboxylic acids is 1. The van der Waals surface area contributed by atoms with Crippen molar-refractivity contribution in [1.29, 1.82) is 0 Å². The lowest BCUT2D eigenvalue weighted by molar-refractivity contribution is -0.134. The van der Waals surface area contributed by atoms with Crippen molar-refractivity contribution in [3.8, 4) is 11.8 Å². The van der Waals surface area contributed by atoms with Gasteiger partial charge in [0.25, 0.3) is 5.91 Å². The van der Waals surface area contributed by atoms with Gasteiger partial charge in [0.15, 0.2) is 12.7 Å². The van der Waals surface area contributed by atoms with Crippen molar-refractivity contribution in [3.05, 3.63) is 63.3 Å². The number of ether oxygens (including phenoxy) is 2. The predicted molar refractivity (Wildman–Crippen MR) is 130 cm³/mol. The molecule has 1 fully saturated rings. The maximum atomic E-state index is 12.6. The number of methoxy groups -OCH3 is 1. The van der Waals surface area contributed by atoms with Crippen LogP contribution >= 0.6 is 22.9 Å². The van der Waals surface area contributed by atoms with E-state index in [4.69, 9.17) is 30.9 Å². The molecule has 1 radical (unpaired) electrons. The normalized spacial score (nSPS) is 18.2. The van der Waals surface area contributed by atoms with E-state index < -0.39 is 0 Å². The van der Waals surface area contributed by atoms with Crippen LogP contribution in [0.2, 0.25) is 5.02 Å². The van der Waals surface area contributed by atoms with Crippen molar-refractivity contribution in [2.24, 2.45) is 5.16 Å². The number of oxime groups is 1. The Hall–Kier alpha value is -3.24. The van der Waals surface area contributed by atoms with Crippen molar-refractivity contribution >= 4 is 34.6 Å². The molecule has 1 saturated heterocycles. The van der Waals surface area contributed by atoms with E-state index in [9.17, 15) is 4.79 Å². The zero-order valence-corrected chi connectivity index (χ0v) is 20.6.